The zero-order chi connectivity index (χ0) is 90.4. The summed E-state index contributed by atoms with van der Waals surface area (Å²) >= 11 is 0. The first-order valence-electron chi connectivity index (χ1n) is 50.4. The van der Waals surface area contributed by atoms with Gasteiger partial charge in [0.1, 0.15) is 0 Å². The van der Waals surface area contributed by atoms with Crippen molar-refractivity contribution in [3.05, 3.63) is 299 Å². The molecule has 638 valence electrons. The minimum Gasteiger partial charge on any atom is -0.356 e. The van der Waals surface area contributed by atoms with Gasteiger partial charge in [-0.25, -0.2) is 0 Å². The van der Waals surface area contributed by atoms with Gasteiger partial charge in [0.15, 0.2) is 0 Å². The van der Waals surface area contributed by atoms with Gasteiger partial charge >= 0.3 is 0 Å². The van der Waals surface area contributed by atoms with E-state index in [1.54, 1.807) is 0 Å². The molecule has 126 heavy (non-hydrogen) atoms. The van der Waals surface area contributed by atoms with Crippen LogP contribution in [0.4, 0.5) is 22.7 Å². The third-order valence-corrected chi connectivity index (χ3v) is 30.2. The molecular formula is C122H132BN3. The van der Waals surface area contributed by atoms with Crippen LogP contribution in [-0.4, -0.2) is 11.3 Å². The van der Waals surface area contributed by atoms with Crippen LogP contribution in [0.2, 0.25) is 0 Å². The molecule has 0 spiro atoms. The number of fused-ring (bicyclic) bond motifs is 7. The summed E-state index contributed by atoms with van der Waals surface area (Å²) in [7, 11) is 0. The molecule has 0 atom stereocenters. The van der Waals surface area contributed by atoms with Crippen molar-refractivity contribution in [3.8, 4) is 94.7 Å². The van der Waals surface area contributed by atoms with Crippen molar-refractivity contribution in [2.75, 3.05) is 10.6 Å². The van der Waals surface area contributed by atoms with Crippen LogP contribution in [0.5, 0.6) is 0 Å². The number of hydrogen-bond acceptors (Lipinski definition) is 2. The van der Waals surface area contributed by atoms with Crippen molar-refractivity contribution in [1.82, 2.24) is 4.57 Å². The van der Waals surface area contributed by atoms with Crippen LogP contribution in [0.1, 0.15) is 311 Å². The summed E-state index contributed by atoms with van der Waals surface area (Å²) in [6, 6.07) is 89.5. The third-order valence-electron chi connectivity index (χ3n) is 30.2. The number of anilines is 4. The van der Waals surface area contributed by atoms with Crippen LogP contribution in [0.3, 0.4) is 0 Å². The second-order valence-corrected chi connectivity index (χ2v) is 44.1. The van der Waals surface area contributed by atoms with E-state index in [1.165, 1.54) is 251 Å². The number of nitrogens with one attached hydrogen (secondary N) is 2. The van der Waals surface area contributed by atoms with E-state index < -0.39 is 6.71 Å². The molecule has 4 saturated carbocycles. The number of benzene rings is 13. The van der Waals surface area contributed by atoms with Crippen molar-refractivity contribution in [2.24, 2.45) is 0 Å². The standard InChI is InChI=1S/C122H132BN3/c1-118(2,3)93-58-59-112-104(74-93)103-52-28-29-57-111(103)126(112)98-75-109-115-110(76-98)125-117-106(114-101(87-50-32-46-83(62-87)79-40-24-18-25-41-79)55-35-56-102(114)88-51-33-47-84(63-88)80-42-26-19-27-43-80)69-92(90-66-96(121(10,11)12)73-97(67-90)122(13,14)15)71-108(117)123(115)107-70-91(89-64-94(119(4,5)6)72-95(65-89)120(7,8)9)68-105(116(107)124-109)113-99(85-48-30-44-81(60-85)77-36-20-16-21-37-77)53-34-54-100(113)86-49-31-45-82(61-86)78-38-22-17-23-39-78/h28-35,44-80,124-125H,16-27,36-43H2,1-15H3/i28D,29D,52D,57D. The smallest absolute Gasteiger partial charge is 0.252 e. The first-order valence-corrected chi connectivity index (χ1v) is 48.4. The largest absolute Gasteiger partial charge is 0.356 e. The highest BCUT2D eigenvalue weighted by molar-refractivity contribution is 7.00. The average molecular weight is 1660 g/mol. The van der Waals surface area contributed by atoms with Crippen LogP contribution < -0.4 is 27.0 Å². The van der Waals surface area contributed by atoms with E-state index in [0.29, 0.717) is 34.6 Å². The van der Waals surface area contributed by atoms with E-state index in [9.17, 15) is 5.48 Å². The van der Waals surface area contributed by atoms with E-state index >= 15 is 0 Å². The molecule has 14 aromatic rings. The molecule has 13 aromatic carbocycles. The van der Waals surface area contributed by atoms with Crippen molar-refractivity contribution < 1.29 is 5.48 Å². The maximum absolute atomic E-state index is 10.3. The van der Waals surface area contributed by atoms with Gasteiger partial charge in [0, 0.05) is 44.6 Å². The molecule has 4 fully saturated rings. The summed E-state index contributed by atoms with van der Waals surface area (Å²) in [5.74, 6) is 1.94. The van der Waals surface area contributed by atoms with Crippen molar-refractivity contribution in [3.63, 3.8) is 0 Å². The molecule has 4 aliphatic carbocycles. The normalized spacial score (nSPS) is 16.8. The molecule has 0 radical (unpaired) electrons. The fraction of sp³-hybridized carbons (Fsp3) is 0.361. The molecule has 0 bridgehead atoms. The lowest BCUT2D eigenvalue weighted by Crippen LogP contribution is -2.59. The number of rotatable bonds is 13. The molecule has 1 aromatic heterocycles. The summed E-state index contributed by atoms with van der Waals surface area (Å²) in [5, 5.41) is 10.4. The maximum atomic E-state index is 10.3. The van der Waals surface area contributed by atoms with Crippen molar-refractivity contribution >= 4 is 67.7 Å². The lowest BCUT2D eigenvalue weighted by atomic mass is 9.33. The molecule has 3 heterocycles. The Morgan fingerprint density at radius 3 is 0.952 bits per heavy atom. The highest BCUT2D eigenvalue weighted by atomic mass is 15.0. The van der Waals surface area contributed by atoms with Crippen LogP contribution in [-0.2, 0) is 27.1 Å². The first kappa shape index (κ1) is 78.8. The van der Waals surface area contributed by atoms with Gasteiger partial charge < -0.3 is 15.2 Å². The molecular weight excluding hydrogens is 1520 g/mol. The predicted octanol–water partition coefficient (Wildman–Crippen LogP) is 33.4. The van der Waals surface area contributed by atoms with Gasteiger partial charge in [0.2, 0.25) is 0 Å². The summed E-state index contributed by atoms with van der Waals surface area (Å²) in [5.41, 5.74) is 39.4. The van der Waals surface area contributed by atoms with E-state index in [1.807, 2.05) is 0 Å². The molecule has 20 rings (SSSR count). The lowest BCUT2D eigenvalue weighted by Gasteiger charge is -2.38. The maximum Gasteiger partial charge on any atom is 0.252 e. The van der Waals surface area contributed by atoms with E-state index in [-0.39, 0.29) is 51.2 Å². The fourth-order valence-corrected chi connectivity index (χ4v) is 22.8. The van der Waals surface area contributed by atoms with Gasteiger partial charge in [-0.1, -0.05) is 387 Å². The monoisotopic (exact) mass is 1650 g/mol. The zero-order valence-electron chi connectivity index (χ0n) is 81.8. The van der Waals surface area contributed by atoms with E-state index in [2.05, 4.69) is 344 Å². The quantitative estimate of drug-likeness (QED) is 0.113. The molecule has 6 aliphatic rings. The third kappa shape index (κ3) is 16.0. The number of para-hydroxylation sites is 1. The Bertz CT molecular complexity index is 6240. The Balaban J connectivity index is 0.967. The van der Waals surface area contributed by atoms with Gasteiger partial charge in [0.25, 0.3) is 6.71 Å². The Hall–Kier alpha value is -10.7. The molecule has 2 N–H and O–H groups in total. The van der Waals surface area contributed by atoms with Gasteiger partial charge in [0.05, 0.1) is 22.2 Å². The minimum atomic E-state index is -0.436. The average Bonchev–Trinajstić information content (AvgIpc) is 1.30. The molecule has 0 saturated heterocycles. The minimum absolute atomic E-state index is 0.0402. The summed E-state index contributed by atoms with van der Waals surface area (Å²) in [6.45, 7) is 34.8. The summed E-state index contributed by atoms with van der Waals surface area (Å²) < 4.78 is 41.6. The van der Waals surface area contributed by atoms with Crippen LogP contribution in [0.15, 0.2) is 249 Å². The number of nitrogens with zero attached hydrogens (tertiary/aromatic N) is 1. The predicted molar refractivity (Wildman–Crippen MR) is 545 cm³/mol. The summed E-state index contributed by atoms with van der Waals surface area (Å²) in [4.78, 5) is 0. The Morgan fingerprint density at radius 1 is 0.286 bits per heavy atom. The van der Waals surface area contributed by atoms with Gasteiger partial charge in [-0.15, -0.1) is 0 Å². The zero-order valence-corrected chi connectivity index (χ0v) is 77.8. The SMILES string of the molecule is [2H]c1c([2H])c([2H])c2c(c1[2H])c1cc(C(C)(C)C)ccc1n2-c1cc2c3c(c1)Nc1c(cc(-c4cc(C(C)(C)C)cc(C(C)(C)C)c4)cc1-c1c(-c4cccc(C5CCCCC5)c4)cccc1-c1cccc(C4CCCCC4)c1)B3c1cc(-c3cc(C(C)(C)C)cc(C(C)(C)C)c3)cc(-c3c(-c4cccc(C5CCCCC5)c4)cccc3-c3cccc(C4CCCCC4)c3)c1N2. The van der Waals surface area contributed by atoms with Crippen LogP contribution in [0, 0.1) is 0 Å². The van der Waals surface area contributed by atoms with Crippen molar-refractivity contribution in [1.29, 1.82) is 0 Å². The molecule has 0 amide bonds. The van der Waals surface area contributed by atoms with Crippen molar-refractivity contribution in [2.45, 2.75) is 283 Å². The Labute approximate surface area is 759 Å². The topological polar surface area (TPSA) is 29.0 Å². The Kier molecular flexibility index (Phi) is 20.6. The van der Waals surface area contributed by atoms with Gasteiger partial charge in [-0.3, -0.25) is 0 Å². The Morgan fingerprint density at radius 2 is 0.611 bits per heavy atom. The van der Waals surface area contributed by atoms with Gasteiger partial charge in [-0.05, 0) is 289 Å². The second kappa shape index (κ2) is 32.9. The fourth-order valence-electron chi connectivity index (χ4n) is 22.8. The number of hydrogen-bond donors (Lipinski definition) is 2. The first-order chi connectivity index (χ1) is 62.2. The molecule has 4 heteroatoms. The highest BCUT2D eigenvalue weighted by Gasteiger charge is 2.43. The highest BCUT2D eigenvalue weighted by Crippen LogP contribution is 2.54. The molecule has 3 nitrogen and oxygen atoms in total. The summed E-state index contributed by atoms with van der Waals surface area (Å²) in [6.07, 6.45) is 24.7. The van der Waals surface area contributed by atoms with Crippen LogP contribution in [0.25, 0.3) is 117 Å². The second-order valence-electron chi connectivity index (χ2n) is 44.1. The molecule has 2 aliphatic heterocycles. The van der Waals surface area contributed by atoms with Gasteiger partial charge in [-0.2, -0.15) is 0 Å². The van der Waals surface area contributed by atoms with E-state index in [0.717, 1.165) is 72.6 Å². The van der Waals surface area contributed by atoms with Crippen LogP contribution >= 0.6 is 0 Å². The van der Waals surface area contributed by atoms with E-state index in [4.69, 9.17) is 0 Å². The number of aromatic nitrogens is 1. The lowest BCUT2D eigenvalue weighted by molar-refractivity contribution is 0.443. The molecule has 0 unspecified atom stereocenters.